The third-order valence-corrected chi connectivity index (χ3v) is 12.0. The maximum absolute atomic E-state index is 13.7. The van der Waals surface area contributed by atoms with E-state index in [1.807, 2.05) is 66.4 Å². The van der Waals surface area contributed by atoms with Crippen molar-refractivity contribution in [1.29, 1.82) is 0 Å². The molecule has 0 radical (unpaired) electrons. The second kappa shape index (κ2) is 17.9. The van der Waals surface area contributed by atoms with Gasteiger partial charge in [-0.05, 0) is 50.3 Å². The third-order valence-electron chi connectivity index (χ3n) is 8.84. The molecule has 12 heteroatoms. The lowest BCUT2D eigenvalue weighted by Gasteiger charge is -2.36. The van der Waals surface area contributed by atoms with Crippen LogP contribution in [0.3, 0.4) is 0 Å². The fourth-order valence-corrected chi connectivity index (χ4v) is 9.59. The van der Waals surface area contributed by atoms with Crippen molar-refractivity contribution in [3.05, 3.63) is 108 Å². The Balaban J connectivity index is 1.20. The highest BCUT2D eigenvalue weighted by Gasteiger charge is 2.42. The van der Waals surface area contributed by atoms with Gasteiger partial charge in [0.05, 0.1) is 16.8 Å². The Kier molecular flexibility index (Phi) is 13.3. The minimum absolute atomic E-state index is 0.0746. The van der Waals surface area contributed by atoms with Gasteiger partial charge in [-0.3, -0.25) is 9.59 Å². The van der Waals surface area contributed by atoms with E-state index in [9.17, 15) is 19.2 Å². The topological polar surface area (TPSA) is 138 Å². The summed E-state index contributed by atoms with van der Waals surface area (Å²) in [7, 11) is 0. The van der Waals surface area contributed by atoms with Crippen LogP contribution < -0.4 is 26.6 Å². The Bertz CT molecular complexity index is 1510. The molecule has 2 saturated heterocycles. The SMILES string of the molecule is CC(C)(C)OC(=O)N[C@@H](CSC(c1ccccc1)(c1ccccc1)c1ccccc1)C(=O)NCCNC(=O)CCCC[C@@H]1SC[C@@H]2NC(=O)N[C@@H]21. The number of hydrogen-bond donors (Lipinski definition) is 5. The highest BCUT2D eigenvalue weighted by atomic mass is 32.2. The summed E-state index contributed by atoms with van der Waals surface area (Å²) in [6.07, 6.45) is 2.30. The Morgan fingerprint density at radius 3 is 1.98 bits per heavy atom. The van der Waals surface area contributed by atoms with Gasteiger partial charge in [-0.15, -0.1) is 11.8 Å². The van der Waals surface area contributed by atoms with Crippen LogP contribution in [-0.2, 0) is 19.1 Å². The maximum Gasteiger partial charge on any atom is 0.408 e. The van der Waals surface area contributed by atoms with E-state index in [1.54, 1.807) is 32.5 Å². The quantitative estimate of drug-likeness (QED) is 0.0739. The first-order valence-corrected chi connectivity index (χ1v) is 19.6. The van der Waals surface area contributed by atoms with Gasteiger partial charge in [-0.25, -0.2) is 9.59 Å². The van der Waals surface area contributed by atoms with Crippen molar-refractivity contribution in [2.45, 2.75) is 80.2 Å². The second-order valence-corrected chi connectivity index (χ2v) is 16.3. The van der Waals surface area contributed by atoms with Crippen LogP contribution >= 0.6 is 23.5 Å². The number of amides is 5. The van der Waals surface area contributed by atoms with E-state index < -0.39 is 22.5 Å². The molecular weight excluding hydrogens is 683 g/mol. The first-order valence-electron chi connectivity index (χ1n) is 17.6. The number of thioether (sulfide) groups is 2. The predicted octanol–water partition coefficient (Wildman–Crippen LogP) is 5.56. The lowest BCUT2D eigenvalue weighted by Crippen LogP contribution is -2.51. The lowest BCUT2D eigenvalue weighted by molar-refractivity contribution is -0.123. The molecule has 2 fully saturated rings. The number of carbonyl (C=O) groups excluding carboxylic acids is 4. The van der Waals surface area contributed by atoms with Gasteiger partial charge in [-0.2, -0.15) is 11.8 Å². The van der Waals surface area contributed by atoms with Gasteiger partial charge in [0.1, 0.15) is 11.6 Å². The van der Waals surface area contributed by atoms with E-state index in [4.69, 9.17) is 4.74 Å². The molecule has 272 valence electrons. The van der Waals surface area contributed by atoms with E-state index in [1.165, 1.54) is 0 Å². The average Bonchev–Trinajstić information content (AvgIpc) is 3.67. The predicted molar refractivity (Wildman–Crippen MR) is 205 cm³/mol. The Morgan fingerprint density at radius 1 is 0.843 bits per heavy atom. The third kappa shape index (κ3) is 10.4. The smallest absolute Gasteiger partial charge is 0.408 e. The van der Waals surface area contributed by atoms with Gasteiger partial charge in [0.25, 0.3) is 0 Å². The van der Waals surface area contributed by atoms with Gasteiger partial charge < -0.3 is 31.3 Å². The zero-order chi connectivity index (χ0) is 36.3. The van der Waals surface area contributed by atoms with Crippen LogP contribution in [0, 0.1) is 0 Å². The molecule has 3 aromatic carbocycles. The summed E-state index contributed by atoms with van der Waals surface area (Å²) in [5, 5.41) is 15.0. The Morgan fingerprint density at radius 2 is 1.41 bits per heavy atom. The minimum Gasteiger partial charge on any atom is -0.444 e. The molecule has 51 heavy (non-hydrogen) atoms. The molecule has 3 aromatic rings. The average molecular weight is 732 g/mol. The number of unbranched alkanes of at least 4 members (excludes halogenated alkanes) is 1. The molecule has 5 N–H and O–H groups in total. The van der Waals surface area contributed by atoms with Crippen molar-refractivity contribution >= 4 is 47.5 Å². The van der Waals surface area contributed by atoms with Crippen LogP contribution in [0.1, 0.15) is 63.1 Å². The summed E-state index contributed by atoms with van der Waals surface area (Å²) < 4.78 is 4.86. The highest BCUT2D eigenvalue weighted by molar-refractivity contribution is 8.00. The summed E-state index contributed by atoms with van der Waals surface area (Å²) in [6, 6.07) is 29.8. The van der Waals surface area contributed by atoms with E-state index in [0.29, 0.717) is 11.7 Å². The van der Waals surface area contributed by atoms with Crippen LogP contribution in [0.5, 0.6) is 0 Å². The molecule has 4 atom stereocenters. The van der Waals surface area contributed by atoms with Gasteiger partial charge in [0.15, 0.2) is 0 Å². The van der Waals surface area contributed by atoms with Gasteiger partial charge in [0, 0.05) is 36.3 Å². The number of hydrogen-bond acceptors (Lipinski definition) is 7. The molecule has 5 rings (SSSR count). The summed E-state index contributed by atoms with van der Waals surface area (Å²) in [5.74, 6) is 0.707. The standard InChI is InChI=1S/C39H49N5O5S2/c1-38(2,3)49-37(48)43-31(35(46)41-24-23-40-33(45)22-14-13-21-32-34-30(25-50-32)42-36(47)44-34)26-51-39(27-15-7-4-8-16-27,28-17-9-5-10-18-28)29-19-11-6-12-20-29/h4-12,15-20,30-32,34H,13-14,21-26H2,1-3H3,(H,40,45)(H,41,46)(H,43,48)(H2,42,44,47)/t30-,31-,32-,34-/m0/s1. The molecule has 0 saturated carbocycles. The van der Waals surface area contributed by atoms with Crippen molar-refractivity contribution in [3.63, 3.8) is 0 Å². The number of rotatable bonds is 16. The van der Waals surface area contributed by atoms with Gasteiger partial charge >= 0.3 is 12.1 Å². The zero-order valence-electron chi connectivity index (χ0n) is 29.5. The minimum atomic E-state index is -0.927. The first kappa shape index (κ1) is 38.1. The van der Waals surface area contributed by atoms with E-state index in [2.05, 4.69) is 63.0 Å². The molecule has 0 aliphatic carbocycles. The summed E-state index contributed by atoms with van der Waals surface area (Å²) in [5.41, 5.74) is 2.38. The van der Waals surface area contributed by atoms with Crippen LogP contribution in [0.25, 0.3) is 0 Å². The molecule has 2 aliphatic heterocycles. The molecule has 2 aliphatic rings. The number of benzene rings is 3. The number of carbonyl (C=O) groups is 4. The molecule has 0 spiro atoms. The number of ether oxygens (including phenoxy) is 1. The normalized spacial score (nSPS) is 18.9. The zero-order valence-corrected chi connectivity index (χ0v) is 31.1. The van der Waals surface area contributed by atoms with Crippen molar-refractivity contribution in [1.82, 2.24) is 26.6 Å². The molecular formula is C39H49N5O5S2. The number of fused-ring (bicyclic) bond motifs is 1. The number of nitrogens with one attached hydrogen (secondary N) is 5. The van der Waals surface area contributed by atoms with Gasteiger partial charge in [-0.1, -0.05) is 97.4 Å². The molecule has 10 nitrogen and oxygen atoms in total. The molecule has 2 heterocycles. The summed E-state index contributed by atoms with van der Waals surface area (Å²) in [4.78, 5) is 50.9. The Hall–Kier alpha value is -4.16. The second-order valence-electron chi connectivity index (χ2n) is 13.8. The van der Waals surface area contributed by atoms with Crippen molar-refractivity contribution in [2.75, 3.05) is 24.6 Å². The monoisotopic (exact) mass is 731 g/mol. The highest BCUT2D eigenvalue weighted by Crippen LogP contribution is 2.48. The van der Waals surface area contributed by atoms with E-state index >= 15 is 0 Å². The van der Waals surface area contributed by atoms with Gasteiger partial charge in [0.2, 0.25) is 11.8 Å². The van der Waals surface area contributed by atoms with E-state index in [0.717, 1.165) is 41.7 Å². The molecule has 5 amide bonds. The van der Waals surface area contributed by atoms with Crippen molar-refractivity contribution in [2.24, 2.45) is 0 Å². The van der Waals surface area contributed by atoms with Crippen LogP contribution in [-0.4, -0.2) is 77.5 Å². The lowest BCUT2D eigenvalue weighted by atomic mass is 9.84. The number of alkyl carbamates (subject to hydrolysis) is 1. The first-order chi connectivity index (χ1) is 24.5. The molecule has 0 bridgehead atoms. The van der Waals surface area contributed by atoms with Crippen molar-refractivity contribution in [3.8, 4) is 0 Å². The van der Waals surface area contributed by atoms with Crippen LogP contribution in [0.15, 0.2) is 91.0 Å². The summed E-state index contributed by atoms with van der Waals surface area (Å²) in [6.45, 7) is 5.80. The molecule has 0 aromatic heterocycles. The van der Waals surface area contributed by atoms with Crippen LogP contribution in [0.4, 0.5) is 9.59 Å². The maximum atomic E-state index is 13.7. The summed E-state index contributed by atoms with van der Waals surface area (Å²) >= 11 is 3.44. The van der Waals surface area contributed by atoms with E-state index in [-0.39, 0.29) is 48.8 Å². The van der Waals surface area contributed by atoms with Crippen LogP contribution in [0.2, 0.25) is 0 Å². The largest absolute Gasteiger partial charge is 0.444 e. The molecule has 0 unspecified atom stereocenters. The fourth-order valence-electron chi connectivity index (χ4n) is 6.48. The van der Waals surface area contributed by atoms with Crippen molar-refractivity contribution < 1.29 is 23.9 Å². The Labute approximate surface area is 309 Å². The number of urea groups is 1. The fraction of sp³-hybridized carbons (Fsp3) is 0.436.